The van der Waals surface area contributed by atoms with Gasteiger partial charge in [0.2, 0.25) is 12.3 Å². The highest BCUT2D eigenvalue weighted by Crippen LogP contribution is 2.17. The van der Waals surface area contributed by atoms with Gasteiger partial charge in [-0.2, -0.15) is 0 Å². The fourth-order valence-corrected chi connectivity index (χ4v) is 2.33. The van der Waals surface area contributed by atoms with Crippen LogP contribution in [0, 0.1) is 5.92 Å². The zero-order valence-electron chi connectivity index (χ0n) is 14.0. The Balaban J connectivity index is 2.90. The molecule has 2 amide bonds. The molecule has 1 aromatic carbocycles. The molecule has 2 N–H and O–H groups in total. The number of esters is 1. The number of hydrogen-bond donors (Lipinski definition) is 2. The van der Waals surface area contributed by atoms with Crippen LogP contribution in [0.15, 0.2) is 30.3 Å². The number of carbonyl (C=O) groups excluding carboxylic acids is 3. The Morgan fingerprint density at radius 3 is 2.54 bits per heavy atom. The maximum absolute atomic E-state index is 12.5. The highest BCUT2D eigenvalue weighted by Gasteiger charge is 2.28. The first kappa shape index (κ1) is 19.6. The monoisotopic (exact) mass is 336 g/mol. The maximum Gasteiger partial charge on any atom is 0.333 e. The number of amides is 2. The molecule has 0 aliphatic carbocycles. The maximum atomic E-state index is 12.5. The van der Waals surface area contributed by atoms with Crippen LogP contribution < -0.4 is 5.32 Å². The van der Waals surface area contributed by atoms with Crippen LogP contribution in [0.4, 0.5) is 0 Å². The number of benzene rings is 1. The van der Waals surface area contributed by atoms with E-state index in [4.69, 9.17) is 4.74 Å². The average molecular weight is 336 g/mol. The largest absolute Gasteiger partial charge is 0.467 e. The van der Waals surface area contributed by atoms with Gasteiger partial charge in [0.05, 0.1) is 19.6 Å². The van der Waals surface area contributed by atoms with Gasteiger partial charge < -0.3 is 10.1 Å². The number of hydroxylamine groups is 2. The third-order valence-corrected chi connectivity index (χ3v) is 3.66. The van der Waals surface area contributed by atoms with Gasteiger partial charge in [-0.25, -0.2) is 9.86 Å². The molecule has 7 nitrogen and oxygen atoms in total. The van der Waals surface area contributed by atoms with Crippen molar-refractivity contribution in [3.8, 4) is 0 Å². The molecule has 0 aromatic heterocycles. The third-order valence-electron chi connectivity index (χ3n) is 3.66. The second-order valence-electron chi connectivity index (χ2n) is 5.44. The normalized spacial score (nSPS) is 12.8. The van der Waals surface area contributed by atoms with E-state index in [0.717, 1.165) is 12.8 Å². The van der Waals surface area contributed by atoms with Crippen molar-refractivity contribution in [1.29, 1.82) is 0 Å². The summed E-state index contributed by atoms with van der Waals surface area (Å²) in [5.41, 5.74) is 0.600. The molecule has 24 heavy (non-hydrogen) atoms. The molecule has 0 spiro atoms. The zero-order valence-corrected chi connectivity index (χ0v) is 14.0. The van der Waals surface area contributed by atoms with Crippen LogP contribution in [0.3, 0.4) is 0 Å². The summed E-state index contributed by atoms with van der Waals surface area (Å²) >= 11 is 0. The second kappa shape index (κ2) is 10.4. The van der Waals surface area contributed by atoms with Gasteiger partial charge in [-0.05, 0) is 12.0 Å². The molecule has 0 saturated heterocycles. The topological polar surface area (TPSA) is 95.9 Å². The third kappa shape index (κ3) is 6.00. The van der Waals surface area contributed by atoms with Crippen LogP contribution in [-0.2, 0) is 19.1 Å². The minimum Gasteiger partial charge on any atom is -0.467 e. The molecule has 0 bridgehead atoms. The summed E-state index contributed by atoms with van der Waals surface area (Å²) < 4.78 is 4.76. The SMILES string of the molecule is CCCCC(CN(O)C=O)C(=O)NC(C(=O)OC)c1ccccc1. The summed E-state index contributed by atoms with van der Waals surface area (Å²) in [6, 6.07) is 7.81. The Labute approximate surface area is 141 Å². The molecule has 0 saturated carbocycles. The molecule has 1 aromatic rings. The lowest BCUT2D eigenvalue weighted by Gasteiger charge is -2.23. The Hall–Kier alpha value is -2.41. The van der Waals surface area contributed by atoms with Gasteiger partial charge >= 0.3 is 5.97 Å². The van der Waals surface area contributed by atoms with Crippen molar-refractivity contribution in [3.63, 3.8) is 0 Å². The van der Waals surface area contributed by atoms with Crippen molar-refractivity contribution in [1.82, 2.24) is 10.4 Å². The summed E-state index contributed by atoms with van der Waals surface area (Å²) in [4.78, 5) is 35.1. The van der Waals surface area contributed by atoms with Gasteiger partial charge in [-0.1, -0.05) is 50.1 Å². The van der Waals surface area contributed by atoms with Crippen LogP contribution in [0.5, 0.6) is 0 Å². The van der Waals surface area contributed by atoms with Crippen molar-refractivity contribution in [2.45, 2.75) is 32.2 Å². The fraction of sp³-hybridized carbons (Fsp3) is 0.471. The number of unbranched alkanes of at least 4 members (excludes halogenated alkanes) is 1. The molecule has 0 aliphatic rings. The molecule has 1 rings (SSSR count). The van der Waals surface area contributed by atoms with Crippen molar-refractivity contribution < 1.29 is 24.3 Å². The summed E-state index contributed by atoms with van der Waals surface area (Å²) in [5, 5.41) is 12.5. The van der Waals surface area contributed by atoms with Gasteiger partial charge in [0.1, 0.15) is 0 Å². The van der Waals surface area contributed by atoms with Crippen molar-refractivity contribution in [3.05, 3.63) is 35.9 Å². The van der Waals surface area contributed by atoms with E-state index in [0.29, 0.717) is 17.0 Å². The summed E-state index contributed by atoms with van der Waals surface area (Å²) in [7, 11) is 1.25. The molecule has 0 heterocycles. The van der Waals surface area contributed by atoms with Crippen molar-refractivity contribution in [2.75, 3.05) is 13.7 Å². The van der Waals surface area contributed by atoms with Crippen LogP contribution in [0.1, 0.15) is 37.8 Å². The molecular weight excluding hydrogens is 312 g/mol. The first-order valence-corrected chi connectivity index (χ1v) is 7.87. The van der Waals surface area contributed by atoms with E-state index in [1.807, 2.05) is 6.92 Å². The van der Waals surface area contributed by atoms with E-state index in [2.05, 4.69) is 5.32 Å². The van der Waals surface area contributed by atoms with E-state index in [-0.39, 0.29) is 13.0 Å². The van der Waals surface area contributed by atoms with Crippen LogP contribution >= 0.6 is 0 Å². The molecule has 0 aliphatic heterocycles. The van der Waals surface area contributed by atoms with E-state index < -0.39 is 23.8 Å². The second-order valence-corrected chi connectivity index (χ2v) is 5.44. The lowest BCUT2D eigenvalue weighted by atomic mass is 9.99. The lowest BCUT2D eigenvalue weighted by molar-refractivity contribution is -0.155. The standard InChI is InChI=1S/C17H24N2O5/c1-3-4-8-14(11-19(23)12-20)16(21)18-15(17(22)24-2)13-9-6-5-7-10-13/h5-7,9-10,12,14-15,23H,3-4,8,11H2,1-2H3,(H,18,21). The Morgan fingerprint density at radius 1 is 1.33 bits per heavy atom. The number of carbonyl (C=O) groups is 3. The number of nitrogens with one attached hydrogen (secondary N) is 1. The van der Waals surface area contributed by atoms with Crippen LogP contribution in [-0.4, -0.2) is 42.2 Å². The average Bonchev–Trinajstić information content (AvgIpc) is 2.62. The minimum atomic E-state index is -0.934. The molecule has 132 valence electrons. The minimum absolute atomic E-state index is 0.127. The van der Waals surface area contributed by atoms with Crippen molar-refractivity contribution in [2.24, 2.45) is 5.92 Å². The molecule has 0 radical (unpaired) electrons. The quantitative estimate of drug-likeness (QED) is 0.293. The summed E-state index contributed by atoms with van der Waals surface area (Å²) in [5.74, 6) is -1.61. The predicted octanol–water partition coefficient (Wildman–Crippen LogP) is 1.67. The summed E-state index contributed by atoms with van der Waals surface area (Å²) in [6.45, 7) is 1.85. The van der Waals surface area contributed by atoms with E-state index >= 15 is 0 Å². The molecular formula is C17H24N2O5. The number of methoxy groups -OCH3 is 1. The Kier molecular flexibility index (Phi) is 8.49. The number of ether oxygens (including phenoxy) is 1. The van der Waals surface area contributed by atoms with Crippen molar-refractivity contribution >= 4 is 18.3 Å². The number of rotatable bonds is 10. The van der Waals surface area contributed by atoms with E-state index in [1.54, 1.807) is 30.3 Å². The number of hydrogen-bond acceptors (Lipinski definition) is 5. The van der Waals surface area contributed by atoms with Gasteiger partial charge in [0, 0.05) is 0 Å². The molecule has 2 unspecified atom stereocenters. The Morgan fingerprint density at radius 2 is 2.00 bits per heavy atom. The van der Waals surface area contributed by atoms with Gasteiger partial charge in [0.15, 0.2) is 6.04 Å². The number of nitrogens with zero attached hydrogens (tertiary/aromatic N) is 1. The lowest BCUT2D eigenvalue weighted by Crippen LogP contribution is -2.41. The first-order valence-electron chi connectivity index (χ1n) is 7.87. The predicted molar refractivity (Wildman–Crippen MR) is 86.9 cm³/mol. The molecule has 7 heteroatoms. The van der Waals surface area contributed by atoms with Gasteiger partial charge in [-0.15, -0.1) is 0 Å². The highest BCUT2D eigenvalue weighted by atomic mass is 16.5. The summed E-state index contributed by atoms with van der Waals surface area (Å²) in [6.07, 6.45) is 2.38. The Bertz CT molecular complexity index is 535. The highest BCUT2D eigenvalue weighted by molar-refractivity contribution is 5.86. The van der Waals surface area contributed by atoms with Gasteiger partial charge in [-0.3, -0.25) is 14.8 Å². The van der Waals surface area contributed by atoms with Crippen LogP contribution in [0.2, 0.25) is 0 Å². The fourth-order valence-electron chi connectivity index (χ4n) is 2.33. The first-order chi connectivity index (χ1) is 11.5. The molecule has 2 atom stereocenters. The van der Waals surface area contributed by atoms with E-state index in [9.17, 15) is 19.6 Å². The molecule has 0 fully saturated rings. The van der Waals surface area contributed by atoms with Crippen LogP contribution in [0.25, 0.3) is 0 Å². The van der Waals surface area contributed by atoms with E-state index in [1.165, 1.54) is 7.11 Å². The smallest absolute Gasteiger partial charge is 0.333 e. The zero-order chi connectivity index (χ0) is 17.9. The van der Waals surface area contributed by atoms with Gasteiger partial charge in [0.25, 0.3) is 0 Å².